The highest BCUT2D eigenvalue weighted by Crippen LogP contribution is 2.31. The molecule has 0 fully saturated rings. The van der Waals surface area contributed by atoms with E-state index in [1.54, 1.807) is 6.07 Å². The number of rotatable bonds is 2. The summed E-state index contributed by atoms with van der Waals surface area (Å²) < 4.78 is 17.8. The first kappa shape index (κ1) is 9.68. The third kappa shape index (κ3) is 1.84. The summed E-state index contributed by atoms with van der Waals surface area (Å²) in [6, 6.07) is 2.84. The molecule has 0 unspecified atom stereocenters. The standard InChI is InChI=1S/C8H8ClFOS/c1-11-7-4-6(10)5(9)3-8(7)12-2/h3-4H,1-2H3. The fraction of sp³-hybridized carbons (Fsp3) is 0.250. The molecule has 0 heterocycles. The van der Waals surface area contributed by atoms with Crippen LogP contribution in [0.5, 0.6) is 5.75 Å². The Balaban J connectivity index is 3.19. The van der Waals surface area contributed by atoms with E-state index < -0.39 is 5.82 Å². The lowest BCUT2D eigenvalue weighted by atomic mass is 10.3. The van der Waals surface area contributed by atoms with Crippen molar-refractivity contribution >= 4 is 23.4 Å². The van der Waals surface area contributed by atoms with Crippen molar-refractivity contribution in [1.82, 2.24) is 0 Å². The molecular weight excluding hydrogens is 199 g/mol. The lowest BCUT2D eigenvalue weighted by Crippen LogP contribution is -1.88. The highest BCUT2D eigenvalue weighted by molar-refractivity contribution is 7.98. The minimum absolute atomic E-state index is 0.125. The monoisotopic (exact) mass is 206 g/mol. The Labute approximate surface area is 79.9 Å². The Morgan fingerprint density at radius 1 is 1.50 bits per heavy atom. The Kier molecular flexibility index (Phi) is 3.23. The summed E-state index contributed by atoms with van der Waals surface area (Å²) in [7, 11) is 1.50. The van der Waals surface area contributed by atoms with Gasteiger partial charge in [-0.25, -0.2) is 4.39 Å². The number of thioether (sulfide) groups is 1. The maximum atomic E-state index is 12.9. The first-order chi connectivity index (χ1) is 5.69. The van der Waals surface area contributed by atoms with Crippen LogP contribution in [0.15, 0.2) is 17.0 Å². The molecule has 0 aromatic heterocycles. The molecule has 1 rings (SSSR count). The first-order valence-corrected chi connectivity index (χ1v) is 4.86. The second-order valence-corrected chi connectivity index (χ2v) is 3.38. The number of hydrogen-bond donors (Lipinski definition) is 0. The van der Waals surface area contributed by atoms with Crippen molar-refractivity contribution in [2.75, 3.05) is 13.4 Å². The topological polar surface area (TPSA) is 9.23 Å². The predicted octanol–water partition coefficient (Wildman–Crippen LogP) is 3.21. The van der Waals surface area contributed by atoms with Crippen LogP contribution in [0.3, 0.4) is 0 Å². The SMILES string of the molecule is COc1cc(F)c(Cl)cc1SC. The zero-order chi connectivity index (χ0) is 9.14. The smallest absolute Gasteiger partial charge is 0.145 e. The number of ether oxygens (including phenoxy) is 1. The Bertz CT molecular complexity index is 262. The van der Waals surface area contributed by atoms with Crippen LogP contribution in [0.2, 0.25) is 5.02 Å². The fourth-order valence-corrected chi connectivity index (χ4v) is 1.64. The van der Waals surface area contributed by atoms with Gasteiger partial charge in [-0.2, -0.15) is 0 Å². The molecule has 1 aromatic rings. The van der Waals surface area contributed by atoms with Gasteiger partial charge in [0, 0.05) is 6.07 Å². The molecule has 0 aliphatic heterocycles. The summed E-state index contributed by atoms with van der Waals surface area (Å²) in [6.45, 7) is 0. The van der Waals surface area contributed by atoms with E-state index in [1.807, 2.05) is 6.26 Å². The molecule has 66 valence electrons. The first-order valence-electron chi connectivity index (χ1n) is 3.26. The minimum atomic E-state index is -0.452. The molecule has 0 aliphatic carbocycles. The molecule has 4 heteroatoms. The van der Waals surface area contributed by atoms with E-state index in [9.17, 15) is 4.39 Å². The van der Waals surface area contributed by atoms with Gasteiger partial charge in [0.25, 0.3) is 0 Å². The van der Waals surface area contributed by atoms with Crippen LogP contribution < -0.4 is 4.74 Å². The second kappa shape index (κ2) is 4.01. The third-order valence-corrected chi connectivity index (χ3v) is 2.47. The molecule has 0 atom stereocenters. The van der Waals surface area contributed by atoms with Crippen molar-refractivity contribution in [3.05, 3.63) is 23.0 Å². The molecule has 0 spiro atoms. The highest BCUT2D eigenvalue weighted by Gasteiger charge is 2.07. The normalized spacial score (nSPS) is 10.0. The largest absolute Gasteiger partial charge is 0.495 e. The van der Waals surface area contributed by atoms with Crippen LogP contribution in [-0.2, 0) is 0 Å². The van der Waals surface area contributed by atoms with Crippen LogP contribution in [0.1, 0.15) is 0 Å². The van der Waals surface area contributed by atoms with Crippen LogP contribution in [0, 0.1) is 5.82 Å². The van der Waals surface area contributed by atoms with Crippen LogP contribution >= 0.6 is 23.4 Å². The summed E-state index contributed by atoms with van der Waals surface area (Å²) in [5, 5.41) is 0.125. The van der Waals surface area contributed by atoms with Gasteiger partial charge in [-0.05, 0) is 12.3 Å². The van der Waals surface area contributed by atoms with E-state index in [1.165, 1.54) is 24.9 Å². The molecule has 0 amide bonds. The number of benzene rings is 1. The molecule has 0 saturated heterocycles. The maximum Gasteiger partial charge on any atom is 0.145 e. The van der Waals surface area contributed by atoms with Gasteiger partial charge in [0.05, 0.1) is 17.0 Å². The van der Waals surface area contributed by atoms with Crippen molar-refractivity contribution in [1.29, 1.82) is 0 Å². The zero-order valence-electron chi connectivity index (χ0n) is 6.73. The van der Waals surface area contributed by atoms with Gasteiger partial charge in [-0.3, -0.25) is 0 Å². The molecule has 0 aliphatic rings. The second-order valence-electron chi connectivity index (χ2n) is 2.12. The van der Waals surface area contributed by atoms with Crippen molar-refractivity contribution in [2.24, 2.45) is 0 Å². The van der Waals surface area contributed by atoms with Gasteiger partial charge in [0.15, 0.2) is 0 Å². The molecule has 0 bridgehead atoms. The van der Waals surface area contributed by atoms with Crippen molar-refractivity contribution in [3.63, 3.8) is 0 Å². The van der Waals surface area contributed by atoms with E-state index in [2.05, 4.69) is 0 Å². The van der Waals surface area contributed by atoms with E-state index in [4.69, 9.17) is 16.3 Å². The van der Waals surface area contributed by atoms with Crippen LogP contribution in [0.4, 0.5) is 4.39 Å². The Morgan fingerprint density at radius 3 is 2.67 bits per heavy atom. The van der Waals surface area contributed by atoms with E-state index in [0.717, 1.165) is 4.90 Å². The summed E-state index contributed by atoms with van der Waals surface area (Å²) in [4.78, 5) is 0.837. The van der Waals surface area contributed by atoms with Gasteiger partial charge in [-0.1, -0.05) is 11.6 Å². The van der Waals surface area contributed by atoms with Crippen molar-refractivity contribution in [2.45, 2.75) is 4.90 Å². The lowest BCUT2D eigenvalue weighted by Gasteiger charge is -2.06. The Hall–Kier alpha value is -0.410. The van der Waals surface area contributed by atoms with Gasteiger partial charge in [0.1, 0.15) is 11.6 Å². The molecule has 0 N–H and O–H groups in total. The van der Waals surface area contributed by atoms with Gasteiger partial charge in [0.2, 0.25) is 0 Å². The van der Waals surface area contributed by atoms with Crippen molar-refractivity contribution in [3.8, 4) is 5.75 Å². The van der Waals surface area contributed by atoms with Crippen LogP contribution in [0.25, 0.3) is 0 Å². The van der Waals surface area contributed by atoms with Crippen LogP contribution in [-0.4, -0.2) is 13.4 Å². The van der Waals surface area contributed by atoms with Gasteiger partial charge in [-0.15, -0.1) is 11.8 Å². The third-order valence-electron chi connectivity index (χ3n) is 1.43. The average Bonchev–Trinajstić information content (AvgIpc) is 2.09. The molecule has 12 heavy (non-hydrogen) atoms. The van der Waals surface area contributed by atoms with Crippen molar-refractivity contribution < 1.29 is 9.13 Å². The van der Waals surface area contributed by atoms with E-state index >= 15 is 0 Å². The van der Waals surface area contributed by atoms with E-state index in [0.29, 0.717) is 5.75 Å². The zero-order valence-corrected chi connectivity index (χ0v) is 8.30. The van der Waals surface area contributed by atoms with Gasteiger partial charge >= 0.3 is 0 Å². The minimum Gasteiger partial charge on any atom is -0.495 e. The quantitative estimate of drug-likeness (QED) is 0.688. The summed E-state index contributed by atoms with van der Waals surface area (Å²) >= 11 is 7.04. The number of methoxy groups -OCH3 is 1. The average molecular weight is 207 g/mol. The molecule has 0 saturated carbocycles. The number of hydrogen-bond acceptors (Lipinski definition) is 2. The molecule has 1 nitrogen and oxygen atoms in total. The Morgan fingerprint density at radius 2 is 2.17 bits per heavy atom. The molecular formula is C8H8ClFOS. The lowest BCUT2D eigenvalue weighted by molar-refractivity contribution is 0.401. The summed E-state index contributed by atoms with van der Waals surface area (Å²) in [5.41, 5.74) is 0. The maximum absolute atomic E-state index is 12.9. The molecule has 1 aromatic carbocycles. The fourth-order valence-electron chi connectivity index (χ4n) is 0.829. The molecule has 0 radical (unpaired) electrons. The summed E-state index contributed by atoms with van der Waals surface area (Å²) in [5.74, 6) is 0.0655. The number of halogens is 2. The predicted molar refractivity (Wildman–Crippen MR) is 49.7 cm³/mol. The highest BCUT2D eigenvalue weighted by atomic mass is 35.5. The van der Waals surface area contributed by atoms with Gasteiger partial charge < -0.3 is 4.74 Å². The van der Waals surface area contributed by atoms with E-state index in [-0.39, 0.29) is 5.02 Å². The summed E-state index contributed by atoms with van der Waals surface area (Å²) in [6.07, 6.45) is 1.88.